The average Bonchev–Trinajstić information content (AvgIpc) is 3.01. The van der Waals surface area contributed by atoms with Gasteiger partial charge in [0.1, 0.15) is 12.2 Å². The second-order valence-corrected chi connectivity index (χ2v) is 6.33. The Kier molecular flexibility index (Phi) is 3.69. The third kappa shape index (κ3) is 1.85. The largest absolute Gasteiger partial charge is 0.394 e. The Morgan fingerprint density at radius 1 is 1.64 bits per heavy atom. The summed E-state index contributed by atoms with van der Waals surface area (Å²) in [4.78, 5) is 16.4. The van der Waals surface area contributed by atoms with Crippen LogP contribution in [0, 0.1) is 0 Å². The number of hydrogen-bond acceptors (Lipinski definition) is 7. The lowest BCUT2D eigenvalue weighted by Crippen LogP contribution is -2.49. The molecule has 0 aliphatic carbocycles. The number of aliphatic imine (C=N–C) groups is 1. The minimum Gasteiger partial charge on any atom is -0.394 e. The maximum Gasteiger partial charge on any atom is 0.244 e. The molecule has 2 aliphatic heterocycles. The molecule has 0 bridgehead atoms. The molecule has 0 saturated carbocycles. The molecule has 1 aromatic rings. The van der Waals surface area contributed by atoms with E-state index in [1.54, 1.807) is 5.38 Å². The van der Waals surface area contributed by atoms with Crippen LogP contribution in [0.4, 0.5) is 10.1 Å². The molecule has 1 fully saturated rings. The fourth-order valence-electron chi connectivity index (χ4n) is 2.93. The highest BCUT2D eigenvalue weighted by atomic mass is 32.1. The van der Waals surface area contributed by atoms with E-state index in [1.165, 1.54) is 13.3 Å². The lowest BCUT2D eigenvalue weighted by molar-refractivity contribution is -0.267. The number of ether oxygens (including phenoxy) is 2. The number of methoxy groups -OCH3 is 1. The van der Waals surface area contributed by atoms with E-state index < -0.39 is 30.3 Å². The average molecular weight is 329 g/mol. The van der Waals surface area contributed by atoms with E-state index in [0.717, 1.165) is 18.3 Å². The summed E-state index contributed by atoms with van der Waals surface area (Å²) in [6.07, 6.45) is -1.05. The van der Waals surface area contributed by atoms with Gasteiger partial charge in [0.05, 0.1) is 22.7 Å². The van der Waals surface area contributed by atoms with E-state index in [1.807, 2.05) is 0 Å². The number of alkyl halides is 1. The highest BCUT2D eigenvalue weighted by Crippen LogP contribution is 2.55. The van der Waals surface area contributed by atoms with E-state index in [9.17, 15) is 15.0 Å². The molecule has 1 saturated heterocycles. The molecule has 0 radical (unpaired) electrons. The highest BCUT2D eigenvalue weighted by molar-refractivity contribution is 7.11. The molecule has 22 heavy (non-hydrogen) atoms. The molecule has 2 N–H and O–H groups in total. The lowest BCUT2D eigenvalue weighted by Gasteiger charge is -2.35. The van der Waals surface area contributed by atoms with Crippen LogP contribution in [0.25, 0.3) is 0 Å². The molecule has 4 atom stereocenters. The smallest absolute Gasteiger partial charge is 0.244 e. The molecule has 2 aliphatic rings. The summed E-state index contributed by atoms with van der Waals surface area (Å²) in [5.74, 6) is -2.04. The molecule has 6 nitrogen and oxygen atoms in total. The van der Waals surface area contributed by atoms with Crippen LogP contribution in [0.1, 0.15) is 28.6 Å². The van der Waals surface area contributed by atoms with Crippen molar-refractivity contribution in [3.05, 3.63) is 15.8 Å². The minimum absolute atomic E-state index is 0.114. The molecule has 8 heteroatoms. The second kappa shape index (κ2) is 5.17. The van der Waals surface area contributed by atoms with Crippen LogP contribution in [-0.4, -0.2) is 53.8 Å². The van der Waals surface area contributed by atoms with Crippen LogP contribution in [0.15, 0.2) is 10.4 Å². The van der Waals surface area contributed by atoms with Gasteiger partial charge in [0.25, 0.3) is 0 Å². The Balaban J connectivity index is 2.17. The monoisotopic (exact) mass is 329 g/mol. The fourth-order valence-corrected chi connectivity index (χ4v) is 4.17. The topological polar surface area (TPSA) is 88.4 Å². The summed E-state index contributed by atoms with van der Waals surface area (Å²) in [6, 6.07) is 0. The first-order chi connectivity index (χ1) is 10.4. The number of nitrogens with zero attached hydrogens (tertiary/aromatic N) is 1. The first-order valence-corrected chi connectivity index (χ1v) is 7.65. The maximum atomic E-state index is 15.3. The van der Waals surface area contributed by atoms with Crippen molar-refractivity contribution in [2.45, 2.75) is 37.0 Å². The summed E-state index contributed by atoms with van der Waals surface area (Å²) in [6.45, 7) is 0.596. The van der Waals surface area contributed by atoms with Crippen molar-refractivity contribution >= 4 is 29.0 Å². The Morgan fingerprint density at radius 2 is 2.36 bits per heavy atom. The van der Waals surface area contributed by atoms with Crippen LogP contribution in [-0.2, 0) is 15.3 Å². The number of aliphatic hydroxyl groups is 2. The Labute approximate surface area is 130 Å². The van der Waals surface area contributed by atoms with Gasteiger partial charge in [-0.1, -0.05) is 0 Å². The summed E-state index contributed by atoms with van der Waals surface area (Å²) in [5, 5.41) is 21.0. The van der Waals surface area contributed by atoms with Gasteiger partial charge in [-0.15, -0.1) is 11.3 Å². The van der Waals surface area contributed by atoms with Crippen molar-refractivity contribution < 1.29 is 28.9 Å². The van der Waals surface area contributed by atoms with Crippen molar-refractivity contribution in [2.75, 3.05) is 13.7 Å². The van der Waals surface area contributed by atoms with E-state index in [4.69, 9.17) is 9.47 Å². The van der Waals surface area contributed by atoms with Gasteiger partial charge in [-0.05, 0) is 6.92 Å². The number of Topliss-reactive ketones (excluding diaryl/α,β-unsaturated/α-hetero) is 1. The quantitative estimate of drug-likeness (QED) is 0.873. The van der Waals surface area contributed by atoms with Crippen molar-refractivity contribution in [2.24, 2.45) is 4.99 Å². The van der Waals surface area contributed by atoms with Gasteiger partial charge in [-0.2, -0.15) is 0 Å². The predicted molar refractivity (Wildman–Crippen MR) is 77.6 cm³/mol. The van der Waals surface area contributed by atoms with E-state index in [-0.39, 0.29) is 17.1 Å². The Morgan fingerprint density at radius 3 is 2.95 bits per heavy atom. The van der Waals surface area contributed by atoms with Gasteiger partial charge in [-0.3, -0.25) is 9.79 Å². The normalized spacial score (nSPS) is 37.6. The maximum absolute atomic E-state index is 15.3. The van der Waals surface area contributed by atoms with Gasteiger partial charge < -0.3 is 19.7 Å². The fraction of sp³-hybridized carbons (Fsp3) is 0.571. The number of carbonyl (C=O) groups is 1. The van der Waals surface area contributed by atoms with Gasteiger partial charge in [0, 0.05) is 25.1 Å². The number of ketones is 1. The predicted octanol–water partition coefficient (Wildman–Crippen LogP) is 1.32. The molecule has 0 amide bonds. The highest BCUT2D eigenvalue weighted by Gasteiger charge is 2.67. The molecule has 0 spiro atoms. The summed E-state index contributed by atoms with van der Waals surface area (Å²) in [7, 11) is 1.25. The zero-order valence-corrected chi connectivity index (χ0v) is 12.9. The molecular formula is C14H16FNO5S. The van der Waals surface area contributed by atoms with Gasteiger partial charge in [-0.25, -0.2) is 4.39 Å². The van der Waals surface area contributed by atoms with Crippen LogP contribution >= 0.6 is 11.3 Å². The molecule has 0 aromatic carbocycles. The first-order valence-electron chi connectivity index (χ1n) is 6.77. The lowest BCUT2D eigenvalue weighted by atomic mass is 9.89. The molecule has 1 aromatic heterocycles. The van der Waals surface area contributed by atoms with Crippen LogP contribution in [0.2, 0.25) is 0 Å². The zero-order valence-electron chi connectivity index (χ0n) is 12.1. The molecule has 0 unspecified atom stereocenters. The molecule has 120 valence electrons. The second-order valence-electron chi connectivity index (χ2n) is 5.45. The molecule has 3 rings (SSSR count). The van der Waals surface area contributed by atoms with Crippen LogP contribution in [0.3, 0.4) is 0 Å². The SMILES string of the molecule is CO[C@@]1(c2scc3c2N=CCC3=O)O[C@H](CO)[C@@H](O)[C@@]1(C)F. The third-order valence-electron chi connectivity index (χ3n) is 4.20. The number of fused-ring (bicyclic) bond motifs is 1. The standard InChI is InChI=1S/C14H16FNO5S/c1-13(15)11(19)9(5-17)21-14(13,20-2)12-10-7(6-22-12)8(18)3-4-16-10/h4,6,9,11,17,19H,3,5H2,1-2H3/t9-,11-,13-,14+/m1/s1. The summed E-state index contributed by atoms with van der Waals surface area (Å²) in [5.41, 5.74) is -1.62. The third-order valence-corrected chi connectivity index (χ3v) is 5.25. The number of carbonyl (C=O) groups excluding carboxylic acids is 1. The number of aliphatic hydroxyl groups excluding tert-OH is 2. The first kappa shape index (κ1) is 15.7. The summed E-state index contributed by atoms with van der Waals surface area (Å²) < 4.78 is 26.1. The number of thiophene rings is 1. The number of hydrogen-bond donors (Lipinski definition) is 2. The minimum atomic E-state index is -2.32. The Hall–Kier alpha value is -1.19. The molecule has 3 heterocycles. The van der Waals surface area contributed by atoms with Crippen molar-refractivity contribution in [1.82, 2.24) is 0 Å². The molecular weight excluding hydrogens is 313 g/mol. The van der Waals surface area contributed by atoms with E-state index >= 15 is 4.39 Å². The number of rotatable bonds is 3. The van der Waals surface area contributed by atoms with E-state index in [2.05, 4.69) is 4.99 Å². The van der Waals surface area contributed by atoms with Gasteiger partial charge in [0.15, 0.2) is 11.5 Å². The van der Waals surface area contributed by atoms with Crippen molar-refractivity contribution in [3.8, 4) is 0 Å². The summed E-state index contributed by atoms with van der Waals surface area (Å²) >= 11 is 1.09. The van der Waals surface area contributed by atoms with Crippen molar-refractivity contribution in [1.29, 1.82) is 0 Å². The van der Waals surface area contributed by atoms with Crippen LogP contribution < -0.4 is 0 Å². The van der Waals surface area contributed by atoms with Crippen molar-refractivity contribution in [3.63, 3.8) is 0 Å². The Bertz CT molecular complexity index is 643. The van der Waals surface area contributed by atoms with Crippen LogP contribution in [0.5, 0.6) is 0 Å². The van der Waals surface area contributed by atoms with Gasteiger partial charge in [0.2, 0.25) is 5.79 Å². The number of halogens is 1. The zero-order chi connectivity index (χ0) is 16.1. The van der Waals surface area contributed by atoms with E-state index in [0.29, 0.717) is 11.3 Å². The van der Waals surface area contributed by atoms with Gasteiger partial charge >= 0.3 is 0 Å².